The minimum atomic E-state index is -0.734. The van der Waals surface area contributed by atoms with Gasteiger partial charge in [0.1, 0.15) is 0 Å². The topological polar surface area (TPSA) is 82.4 Å². The zero-order valence-electron chi connectivity index (χ0n) is 15.2. The van der Waals surface area contributed by atoms with Gasteiger partial charge >= 0.3 is 6.03 Å². The van der Waals surface area contributed by atoms with Gasteiger partial charge in [-0.1, -0.05) is 25.7 Å². The maximum Gasteiger partial charge on any atom is 0.315 e. The number of amides is 2. The fourth-order valence-electron chi connectivity index (χ4n) is 3.95. The second kappa shape index (κ2) is 8.08. The van der Waals surface area contributed by atoms with Crippen molar-refractivity contribution in [3.05, 3.63) is 12.4 Å². The van der Waals surface area contributed by atoms with Crippen molar-refractivity contribution in [3.8, 4) is 0 Å². The molecule has 2 fully saturated rings. The molecule has 0 aromatic carbocycles. The number of carbonyl (C=O) groups is 1. The van der Waals surface area contributed by atoms with Crippen LogP contribution in [-0.2, 0) is 7.05 Å². The number of urea groups is 1. The van der Waals surface area contributed by atoms with Gasteiger partial charge in [0.05, 0.1) is 17.5 Å². The Labute approximate surface area is 149 Å². The summed E-state index contributed by atoms with van der Waals surface area (Å²) in [5, 5.41) is 20.8. The number of rotatable bonds is 4. The Morgan fingerprint density at radius 2 is 2.08 bits per heavy atom. The molecular formula is C18H31N5O2. The zero-order valence-corrected chi connectivity index (χ0v) is 15.2. The normalized spacial score (nSPS) is 23.8. The Morgan fingerprint density at radius 3 is 2.76 bits per heavy atom. The second-order valence-electron chi connectivity index (χ2n) is 7.62. The number of hydrogen-bond acceptors (Lipinski definition) is 4. The van der Waals surface area contributed by atoms with Crippen LogP contribution in [0.4, 0.5) is 10.5 Å². The summed E-state index contributed by atoms with van der Waals surface area (Å²) in [4.78, 5) is 14.5. The van der Waals surface area contributed by atoms with Gasteiger partial charge in [-0.3, -0.25) is 4.68 Å². The minimum absolute atomic E-state index is 0.123. The van der Waals surface area contributed by atoms with Crippen molar-refractivity contribution >= 4 is 11.7 Å². The van der Waals surface area contributed by atoms with E-state index in [1.165, 1.54) is 12.8 Å². The molecular weight excluding hydrogens is 318 g/mol. The molecule has 1 aliphatic carbocycles. The lowest BCUT2D eigenvalue weighted by molar-refractivity contribution is 0.0276. The molecule has 7 heteroatoms. The lowest BCUT2D eigenvalue weighted by atomic mass is 9.94. The van der Waals surface area contributed by atoms with Crippen LogP contribution in [0.5, 0.6) is 0 Å². The molecule has 2 aliphatic rings. The van der Waals surface area contributed by atoms with Crippen LogP contribution in [0.3, 0.4) is 0 Å². The summed E-state index contributed by atoms with van der Waals surface area (Å²) in [5.41, 5.74) is 0.365. The molecule has 0 spiro atoms. The van der Waals surface area contributed by atoms with Crippen molar-refractivity contribution < 1.29 is 9.90 Å². The molecule has 2 heterocycles. The SMILES string of the molecule is Cn1cc(N2CCCC(NC(=O)NCC3(O)CCCCCC3)C2)cn1. The van der Waals surface area contributed by atoms with E-state index in [2.05, 4.69) is 20.6 Å². The van der Waals surface area contributed by atoms with E-state index in [-0.39, 0.29) is 12.1 Å². The van der Waals surface area contributed by atoms with Gasteiger partial charge in [-0.25, -0.2) is 4.79 Å². The number of anilines is 1. The highest BCUT2D eigenvalue weighted by atomic mass is 16.3. The fourth-order valence-corrected chi connectivity index (χ4v) is 3.95. The summed E-state index contributed by atoms with van der Waals surface area (Å²) >= 11 is 0. The molecule has 2 amide bonds. The fraction of sp³-hybridized carbons (Fsp3) is 0.778. The van der Waals surface area contributed by atoms with Crippen molar-refractivity contribution in [2.45, 2.75) is 63.0 Å². The van der Waals surface area contributed by atoms with Crippen LogP contribution in [0.15, 0.2) is 12.4 Å². The molecule has 3 rings (SSSR count). The third-order valence-corrected chi connectivity index (χ3v) is 5.43. The first-order valence-electron chi connectivity index (χ1n) is 9.54. The average Bonchev–Trinajstić information content (AvgIpc) is 2.91. The molecule has 1 aromatic rings. The average molecular weight is 349 g/mol. The van der Waals surface area contributed by atoms with Crippen LogP contribution in [0.1, 0.15) is 51.4 Å². The number of aliphatic hydroxyl groups is 1. The molecule has 140 valence electrons. The number of aryl methyl sites for hydroxylation is 1. The van der Waals surface area contributed by atoms with Gasteiger partial charge in [-0.15, -0.1) is 0 Å². The summed E-state index contributed by atoms with van der Waals surface area (Å²) in [6.45, 7) is 2.13. The van der Waals surface area contributed by atoms with E-state index in [0.717, 1.165) is 57.3 Å². The standard InChI is InChI=1S/C18H31N5O2/c1-22-13-16(11-20-22)23-10-6-7-15(12-23)21-17(24)19-14-18(25)8-4-2-3-5-9-18/h11,13,15,25H,2-10,12,14H2,1H3,(H2,19,21,24). The molecule has 1 unspecified atom stereocenters. The first kappa shape index (κ1) is 18.0. The Balaban J connectivity index is 1.45. The van der Waals surface area contributed by atoms with Gasteiger partial charge in [0.2, 0.25) is 0 Å². The third kappa shape index (κ3) is 5.11. The third-order valence-electron chi connectivity index (χ3n) is 5.43. The Bertz CT molecular complexity index is 566. The number of piperidine rings is 1. The highest BCUT2D eigenvalue weighted by molar-refractivity contribution is 5.74. The van der Waals surface area contributed by atoms with Crippen molar-refractivity contribution in [2.75, 3.05) is 24.5 Å². The number of nitrogens with zero attached hydrogens (tertiary/aromatic N) is 3. The van der Waals surface area contributed by atoms with E-state index >= 15 is 0 Å². The van der Waals surface area contributed by atoms with Gasteiger partial charge in [-0.2, -0.15) is 5.10 Å². The van der Waals surface area contributed by atoms with E-state index in [0.29, 0.717) is 6.54 Å². The molecule has 1 aliphatic heterocycles. The number of carbonyl (C=O) groups excluding carboxylic acids is 1. The van der Waals surface area contributed by atoms with Gasteiger partial charge in [-0.05, 0) is 25.7 Å². The Hall–Kier alpha value is -1.76. The first-order chi connectivity index (χ1) is 12.0. The summed E-state index contributed by atoms with van der Waals surface area (Å²) in [6, 6.07) is -0.0477. The molecule has 25 heavy (non-hydrogen) atoms. The van der Waals surface area contributed by atoms with E-state index in [4.69, 9.17) is 0 Å². The van der Waals surface area contributed by atoms with Crippen molar-refractivity contribution in [2.24, 2.45) is 7.05 Å². The molecule has 7 nitrogen and oxygen atoms in total. The van der Waals surface area contributed by atoms with Gasteiger partial charge < -0.3 is 20.6 Å². The van der Waals surface area contributed by atoms with Crippen LogP contribution in [0, 0.1) is 0 Å². The van der Waals surface area contributed by atoms with E-state index in [1.807, 2.05) is 19.4 Å². The van der Waals surface area contributed by atoms with Crippen molar-refractivity contribution in [1.82, 2.24) is 20.4 Å². The van der Waals surface area contributed by atoms with Crippen LogP contribution in [0.2, 0.25) is 0 Å². The largest absolute Gasteiger partial charge is 0.388 e. The molecule has 1 saturated carbocycles. The summed E-state index contributed by atoms with van der Waals surface area (Å²) in [5.74, 6) is 0. The second-order valence-corrected chi connectivity index (χ2v) is 7.62. The molecule has 1 saturated heterocycles. The number of hydrogen-bond donors (Lipinski definition) is 3. The monoisotopic (exact) mass is 349 g/mol. The number of nitrogens with one attached hydrogen (secondary N) is 2. The maximum atomic E-state index is 12.3. The maximum absolute atomic E-state index is 12.3. The Kier molecular flexibility index (Phi) is 5.83. The number of aromatic nitrogens is 2. The van der Waals surface area contributed by atoms with Crippen molar-refractivity contribution in [1.29, 1.82) is 0 Å². The Morgan fingerprint density at radius 1 is 1.32 bits per heavy atom. The van der Waals surface area contributed by atoms with E-state index < -0.39 is 5.60 Å². The summed E-state index contributed by atoms with van der Waals surface area (Å²) < 4.78 is 1.80. The first-order valence-corrected chi connectivity index (χ1v) is 9.54. The molecule has 3 N–H and O–H groups in total. The lowest BCUT2D eigenvalue weighted by Crippen LogP contribution is -2.53. The van der Waals surface area contributed by atoms with E-state index in [1.54, 1.807) is 4.68 Å². The minimum Gasteiger partial charge on any atom is -0.388 e. The molecule has 1 aromatic heterocycles. The van der Waals surface area contributed by atoms with Crippen LogP contribution >= 0.6 is 0 Å². The van der Waals surface area contributed by atoms with Crippen LogP contribution in [-0.4, -0.2) is 52.2 Å². The summed E-state index contributed by atoms with van der Waals surface area (Å²) in [6.07, 6.45) is 11.9. The van der Waals surface area contributed by atoms with Gasteiger partial charge in [0.25, 0.3) is 0 Å². The molecule has 0 radical (unpaired) electrons. The van der Waals surface area contributed by atoms with Gasteiger partial charge in [0, 0.05) is 38.9 Å². The predicted molar refractivity (Wildman–Crippen MR) is 97.6 cm³/mol. The van der Waals surface area contributed by atoms with Crippen molar-refractivity contribution in [3.63, 3.8) is 0 Å². The highest BCUT2D eigenvalue weighted by Gasteiger charge is 2.29. The highest BCUT2D eigenvalue weighted by Crippen LogP contribution is 2.26. The van der Waals surface area contributed by atoms with Crippen LogP contribution in [0.25, 0.3) is 0 Å². The molecule has 1 atom stereocenters. The van der Waals surface area contributed by atoms with Gasteiger partial charge in [0.15, 0.2) is 0 Å². The lowest BCUT2D eigenvalue weighted by Gasteiger charge is -2.34. The molecule has 0 bridgehead atoms. The summed E-state index contributed by atoms with van der Waals surface area (Å²) in [7, 11) is 1.91. The zero-order chi connectivity index (χ0) is 17.7. The quantitative estimate of drug-likeness (QED) is 0.724. The smallest absolute Gasteiger partial charge is 0.315 e. The van der Waals surface area contributed by atoms with E-state index in [9.17, 15) is 9.90 Å². The van der Waals surface area contributed by atoms with Crippen LogP contribution < -0.4 is 15.5 Å². The predicted octanol–water partition coefficient (Wildman–Crippen LogP) is 1.77.